The van der Waals surface area contributed by atoms with Gasteiger partial charge in [-0.15, -0.1) is 0 Å². The van der Waals surface area contributed by atoms with Gasteiger partial charge in [0, 0.05) is 19.2 Å². The van der Waals surface area contributed by atoms with Crippen LogP contribution in [0.2, 0.25) is 0 Å². The van der Waals surface area contributed by atoms with E-state index in [9.17, 15) is 8.42 Å². The maximum Gasteiger partial charge on any atom is 0.246 e. The van der Waals surface area contributed by atoms with Crippen LogP contribution in [0.5, 0.6) is 0 Å². The van der Waals surface area contributed by atoms with Crippen LogP contribution in [0.4, 0.5) is 0 Å². The Hall–Kier alpha value is -1.67. The van der Waals surface area contributed by atoms with Crippen molar-refractivity contribution in [3.63, 3.8) is 0 Å². The Balaban J connectivity index is 2.40. The molecular weight excluding hydrogens is 316 g/mol. The lowest BCUT2D eigenvalue weighted by Gasteiger charge is -2.21. The quantitative estimate of drug-likeness (QED) is 0.737. The second-order valence-corrected chi connectivity index (χ2v) is 7.43. The van der Waals surface area contributed by atoms with Crippen molar-refractivity contribution in [1.29, 1.82) is 0 Å². The molecule has 0 atom stereocenters. The molecule has 128 valence electrons. The summed E-state index contributed by atoms with van der Waals surface area (Å²) >= 11 is 0. The summed E-state index contributed by atoms with van der Waals surface area (Å²) in [6, 6.07) is 1.74. The number of aromatic nitrogens is 3. The van der Waals surface area contributed by atoms with Crippen molar-refractivity contribution in [3.8, 4) is 0 Å². The summed E-state index contributed by atoms with van der Waals surface area (Å²) in [6.45, 7) is 8.89. The normalized spacial score (nSPS) is 12.2. The molecule has 0 aliphatic rings. The molecule has 0 unspecified atom stereocenters. The van der Waals surface area contributed by atoms with E-state index >= 15 is 0 Å². The summed E-state index contributed by atoms with van der Waals surface area (Å²) < 4.78 is 34.0. The van der Waals surface area contributed by atoms with Gasteiger partial charge in [0.15, 0.2) is 0 Å². The molecule has 0 fully saturated rings. The zero-order valence-corrected chi connectivity index (χ0v) is 14.9. The molecule has 0 bridgehead atoms. The topological polar surface area (TPSA) is 81.2 Å². The highest BCUT2D eigenvalue weighted by molar-refractivity contribution is 7.89. The van der Waals surface area contributed by atoms with E-state index in [1.54, 1.807) is 28.9 Å². The summed E-state index contributed by atoms with van der Waals surface area (Å²) in [5.74, 6) is 0. The highest BCUT2D eigenvalue weighted by Gasteiger charge is 2.30. The van der Waals surface area contributed by atoms with Gasteiger partial charge in [0.25, 0.3) is 0 Å². The number of hydrogen-bond acceptors (Lipinski definition) is 5. The second kappa shape index (κ2) is 7.27. The van der Waals surface area contributed by atoms with Crippen molar-refractivity contribution in [1.82, 2.24) is 19.2 Å². The van der Waals surface area contributed by atoms with E-state index in [0.29, 0.717) is 41.6 Å². The van der Waals surface area contributed by atoms with E-state index in [1.165, 1.54) is 6.26 Å². The summed E-state index contributed by atoms with van der Waals surface area (Å²) in [5, 5.41) is 8.24. The Bertz CT molecular complexity index is 729. The van der Waals surface area contributed by atoms with E-state index in [0.717, 1.165) is 12.8 Å². The molecule has 2 aromatic rings. The molecule has 7 nitrogen and oxygen atoms in total. The molecular formula is C15H24N4O3S. The Kier molecular flexibility index (Phi) is 5.59. The van der Waals surface area contributed by atoms with Gasteiger partial charge < -0.3 is 4.52 Å². The zero-order valence-electron chi connectivity index (χ0n) is 14.1. The van der Waals surface area contributed by atoms with Gasteiger partial charge in [0.1, 0.15) is 16.9 Å². The third-order valence-electron chi connectivity index (χ3n) is 3.66. The van der Waals surface area contributed by atoms with Crippen LogP contribution in [0.1, 0.15) is 43.8 Å². The molecule has 2 aromatic heterocycles. The zero-order chi connectivity index (χ0) is 17.0. The van der Waals surface area contributed by atoms with Crippen LogP contribution in [0.15, 0.2) is 21.7 Å². The lowest BCUT2D eigenvalue weighted by Crippen LogP contribution is -2.33. The SMILES string of the molecule is CCCN(CCC)S(=O)(=O)c1c(C)nn(Cc2ccon2)c1C. The maximum absolute atomic E-state index is 13.0. The van der Waals surface area contributed by atoms with Gasteiger partial charge in [-0.2, -0.15) is 9.40 Å². The fraction of sp³-hybridized carbons (Fsp3) is 0.600. The number of aryl methyl sites for hydroxylation is 1. The molecule has 0 saturated heterocycles. The monoisotopic (exact) mass is 340 g/mol. The Labute approximate surface area is 137 Å². The molecule has 0 aliphatic heterocycles. The molecule has 0 aromatic carbocycles. The third-order valence-corrected chi connectivity index (χ3v) is 5.81. The second-order valence-electron chi connectivity index (χ2n) is 5.55. The number of nitrogens with zero attached hydrogens (tertiary/aromatic N) is 4. The summed E-state index contributed by atoms with van der Waals surface area (Å²) in [7, 11) is -3.54. The van der Waals surface area contributed by atoms with Gasteiger partial charge in [-0.25, -0.2) is 8.42 Å². The van der Waals surface area contributed by atoms with Crippen LogP contribution < -0.4 is 0 Å². The largest absolute Gasteiger partial charge is 0.364 e. The smallest absolute Gasteiger partial charge is 0.246 e. The van der Waals surface area contributed by atoms with E-state index in [4.69, 9.17) is 4.52 Å². The van der Waals surface area contributed by atoms with E-state index < -0.39 is 10.0 Å². The average molecular weight is 340 g/mol. The summed E-state index contributed by atoms with van der Waals surface area (Å²) in [6.07, 6.45) is 3.05. The van der Waals surface area contributed by atoms with Crippen molar-refractivity contribution >= 4 is 10.0 Å². The number of hydrogen-bond donors (Lipinski definition) is 0. The van der Waals surface area contributed by atoms with Gasteiger partial charge in [-0.1, -0.05) is 19.0 Å². The molecule has 2 heterocycles. The van der Waals surface area contributed by atoms with Crippen molar-refractivity contribution in [3.05, 3.63) is 29.4 Å². The molecule has 0 amide bonds. The third kappa shape index (κ3) is 3.64. The van der Waals surface area contributed by atoms with Crippen molar-refractivity contribution in [2.45, 2.75) is 52.0 Å². The molecule has 8 heteroatoms. The van der Waals surface area contributed by atoms with Gasteiger partial charge in [0.2, 0.25) is 10.0 Å². The molecule has 0 N–H and O–H groups in total. The first-order valence-corrected chi connectivity index (χ1v) is 9.29. The van der Waals surface area contributed by atoms with Gasteiger partial charge in [0.05, 0.1) is 17.9 Å². The predicted molar refractivity (Wildman–Crippen MR) is 86.6 cm³/mol. The van der Waals surface area contributed by atoms with Gasteiger partial charge in [-0.05, 0) is 26.7 Å². The van der Waals surface area contributed by atoms with Gasteiger partial charge >= 0.3 is 0 Å². The van der Waals surface area contributed by atoms with Crippen LogP contribution in [-0.2, 0) is 16.6 Å². The van der Waals surface area contributed by atoms with E-state index in [1.807, 2.05) is 13.8 Å². The van der Waals surface area contributed by atoms with Crippen molar-refractivity contribution in [2.75, 3.05) is 13.1 Å². The molecule has 23 heavy (non-hydrogen) atoms. The van der Waals surface area contributed by atoms with Gasteiger partial charge in [-0.3, -0.25) is 4.68 Å². The lowest BCUT2D eigenvalue weighted by molar-refractivity contribution is 0.407. The Morgan fingerprint density at radius 2 is 1.87 bits per heavy atom. The molecule has 0 radical (unpaired) electrons. The fourth-order valence-corrected chi connectivity index (χ4v) is 4.66. The first-order chi connectivity index (χ1) is 10.9. The number of sulfonamides is 1. The number of rotatable bonds is 8. The molecule has 2 rings (SSSR count). The van der Waals surface area contributed by atoms with E-state index in [-0.39, 0.29) is 0 Å². The van der Waals surface area contributed by atoms with Crippen LogP contribution in [0.25, 0.3) is 0 Å². The average Bonchev–Trinajstić information content (AvgIpc) is 3.08. The Morgan fingerprint density at radius 1 is 1.22 bits per heavy atom. The first-order valence-electron chi connectivity index (χ1n) is 7.85. The molecule has 0 spiro atoms. The fourth-order valence-electron chi connectivity index (χ4n) is 2.66. The standard InChI is InChI=1S/C15H24N4O3S/c1-5-8-18(9-6-2)23(20,21)15-12(3)16-19(13(15)4)11-14-7-10-22-17-14/h7,10H,5-6,8-9,11H2,1-4H3. The van der Waals surface area contributed by atoms with Crippen LogP contribution in [-0.4, -0.2) is 40.7 Å². The minimum Gasteiger partial charge on any atom is -0.364 e. The lowest BCUT2D eigenvalue weighted by atomic mass is 10.4. The van der Waals surface area contributed by atoms with Crippen LogP contribution in [0, 0.1) is 13.8 Å². The molecule has 0 aliphatic carbocycles. The minimum atomic E-state index is -3.54. The first kappa shape index (κ1) is 17.7. The van der Waals surface area contributed by atoms with Crippen molar-refractivity contribution < 1.29 is 12.9 Å². The Morgan fingerprint density at radius 3 is 2.39 bits per heavy atom. The molecule has 0 saturated carbocycles. The highest BCUT2D eigenvalue weighted by atomic mass is 32.2. The maximum atomic E-state index is 13.0. The van der Waals surface area contributed by atoms with Crippen molar-refractivity contribution in [2.24, 2.45) is 0 Å². The summed E-state index contributed by atoms with van der Waals surface area (Å²) in [5.41, 5.74) is 1.85. The van der Waals surface area contributed by atoms with Crippen LogP contribution >= 0.6 is 0 Å². The van der Waals surface area contributed by atoms with Crippen LogP contribution in [0.3, 0.4) is 0 Å². The summed E-state index contributed by atoms with van der Waals surface area (Å²) in [4.78, 5) is 0.308. The van der Waals surface area contributed by atoms with E-state index in [2.05, 4.69) is 10.3 Å². The predicted octanol–water partition coefficient (Wildman–Crippen LogP) is 2.35. The highest BCUT2D eigenvalue weighted by Crippen LogP contribution is 2.24. The minimum absolute atomic E-state index is 0.308.